The first-order chi connectivity index (χ1) is 6.29. The van der Waals surface area contributed by atoms with E-state index in [1.807, 2.05) is 12.3 Å². The van der Waals surface area contributed by atoms with Crippen molar-refractivity contribution >= 4 is 17.7 Å². The van der Waals surface area contributed by atoms with Gasteiger partial charge in [-0.1, -0.05) is 0 Å². The Balaban J connectivity index is 2.12. The molecule has 1 aromatic heterocycles. The summed E-state index contributed by atoms with van der Waals surface area (Å²) in [4.78, 5) is 10.6. The Morgan fingerprint density at radius 2 is 2.38 bits per heavy atom. The van der Waals surface area contributed by atoms with Crippen LogP contribution in [0, 0.1) is 0 Å². The molecule has 13 heavy (non-hydrogen) atoms. The summed E-state index contributed by atoms with van der Waals surface area (Å²) in [5.41, 5.74) is 5.67. The van der Waals surface area contributed by atoms with Crippen LogP contribution >= 0.6 is 11.8 Å². The number of nitrogens with zero attached hydrogens (tertiary/aromatic N) is 3. The number of hydrogen-bond donors (Lipinski definition) is 1. The molecule has 1 aromatic rings. The van der Waals surface area contributed by atoms with Crippen molar-refractivity contribution < 1.29 is 0 Å². The van der Waals surface area contributed by atoms with E-state index in [0.29, 0.717) is 6.04 Å². The van der Waals surface area contributed by atoms with Crippen molar-refractivity contribution in [1.29, 1.82) is 0 Å². The largest absolute Gasteiger partial charge is 0.338 e. The van der Waals surface area contributed by atoms with E-state index < -0.39 is 0 Å². The van der Waals surface area contributed by atoms with Gasteiger partial charge in [0.15, 0.2) is 0 Å². The minimum Gasteiger partial charge on any atom is -0.338 e. The molecule has 0 saturated carbocycles. The number of anilines is 1. The van der Waals surface area contributed by atoms with Crippen molar-refractivity contribution in [1.82, 2.24) is 9.97 Å². The lowest BCUT2D eigenvalue weighted by Gasteiger charge is -2.36. The molecule has 0 aliphatic carbocycles. The molecule has 1 saturated heterocycles. The SMILES string of the molecule is CSc1ccnc(N2CC(N)C2)n1. The summed E-state index contributed by atoms with van der Waals surface area (Å²) >= 11 is 1.63. The van der Waals surface area contributed by atoms with Gasteiger partial charge in [-0.3, -0.25) is 0 Å². The van der Waals surface area contributed by atoms with Crippen molar-refractivity contribution in [3.05, 3.63) is 12.3 Å². The van der Waals surface area contributed by atoms with Crippen LogP contribution in [0.1, 0.15) is 0 Å². The number of aromatic nitrogens is 2. The van der Waals surface area contributed by atoms with Gasteiger partial charge in [-0.05, 0) is 12.3 Å². The molecule has 2 rings (SSSR count). The maximum absolute atomic E-state index is 5.67. The Morgan fingerprint density at radius 1 is 1.62 bits per heavy atom. The Bertz CT molecular complexity index is 298. The lowest BCUT2D eigenvalue weighted by molar-refractivity contribution is 0.507. The Kier molecular flexibility index (Phi) is 2.37. The first-order valence-electron chi connectivity index (χ1n) is 4.17. The lowest BCUT2D eigenvalue weighted by atomic mass is 10.1. The Labute approximate surface area is 81.5 Å². The van der Waals surface area contributed by atoms with E-state index in [1.54, 1.807) is 18.0 Å². The van der Waals surface area contributed by atoms with Gasteiger partial charge in [-0.15, -0.1) is 11.8 Å². The van der Waals surface area contributed by atoms with Crippen LogP contribution in [0.2, 0.25) is 0 Å². The van der Waals surface area contributed by atoms with Gasteiger partial charge in [-0.25, -0.2) is 9.97 Å². The third kappa shape index (κ3) is 1.76. The number of rotatable bonds is 2. The lowest BCUT2D eigenvalue weighted by Crippen LogP contribution is -2.56. The predicted octanol–water partition coefficient (Wildman–Crippen LogP) is 0.346. The third-order valence-electron chi connectivity index (χ3n) is 2.02. The summed E-state index contributed by atoms with van der Waals surface area (Å²) in [5.74, 6) is 0.800. The van der Waals surface area contributed by atoms with E-state index in [1.165, 1.54) is 0 Å². The summed E-state index contributed by atoms with van der Waals surface area (Å²) in [6, 6.07) is 2.20. The Morgan fingerprint density at radius 3 is 3.00 bits per heavy atom. The zero-order valence-corrected chi connectivity index (χ0v) is 8.29. The van der Waals surface area contributed by atoms with Crippen LogP contribution in [0.3, 0.4) is 0 Å². The van der Waals surface area contributed by atoms with Crippen LogP contribution in [0.15, 0.2) is 17.3 Å². The van der Waals surface area contributed by atoms with Gasteiger partial charge in [0.1, 0.15) is 5.03 Å². The molecule has 0 spiro atoms. The summed E-state index contributed by atoms with van der Waals surface area (Å²) < 4.78 is 0. The minimum atomic E-state index is 0.293. The quantitative estimate of drug-likeness (QED) is 0.546. The molecule has 2 N–H and O–H groups in total. The topological polar surface area (TPSA) is 55.0 Å². The van der Waals surface area contributed by atoms with Gasteiger partial charge in [0.25, 0.3) is 0 Å². The fraction of sp³-hybridized carbons (Fsp3) is 0.500. The van der Waals surface area contributed by atoms with Gasteiger partial charge in [-0.2, -0.15) is 0 Å². The molecule has 1 aliphatic rings. The highest BCUT2D eigenvalue weighted by Crippen LogP contribution is 2.18. The summed E-state index contributed by atoms with van der Waals surface area (Å²) in [6.45, 7) is 1.75. The first kappa shape index (κ1) is 8.77. The van der Waals surface area contributed by atoms with Crippen LogP contribution in [0.25, 0.3) is 0 Å². The summed E-state index contributed by atoms with van der Waals surface area (Å²) in [6.07, 6.45) is 3.80. The molecule has 4 nitrogen and oxygen atoms in total. The van der Waals surface area contributed by atoms with Crippen molar-refractivity contribution in [2.45, 2.75) is 11.1 Å². The standard InChI is InChI=1S/C8H12N4S/c1-13-7-2-3-10-8(11-7)12-4-6(9)5-12/h2-3,6H,4-5,9H2,1H3. The average molecular weight is 196 g/mol. The van der Waals surface area contributed by atoms with Gasteiger partial charge in [0.05, 0.1) is 0 Å². The monoisotopic (exact) mass is 196 g/mol. The van der Waals surface area contributed by atoms with E-state index >= 15 is 0 Å². The fourth-order valence-electron chi connectivity index (χ4n) is 1.27. The fourth-order valence-corrected chi connectivity index (χ4v) is 1.64. The van der Waals surface area contributed by atoms with E-state index in [4.69, 9.17) is 5.73 Å². The molecule has 1 fully saturated rings. The van der Waals surface area contributed by atoms with Gasteiger partial charge < -0.3 is 10.6 Å². The van der Waals surface area contributed by atoms with Crippen LogP contribution < -0.4 is 10.6 Å². The summed E-state index contributed by atoms with van der Waals surface area (Å²) in [5, 5.41) is 1.01. The molecule has 0 unspecified atom stereocenters. The van der Waals surface area contributed by atoms with Crippen LogP contribution in [0.5, 0.6) is 0 Å². The number of thioether (sulfide) groups is 1. The predicted molar refractivity (Wildman–Crippen MR) is 54.0 cm³/mol. The smallest absolute Gasteiger partial charge is 0.226 e. The van der Waals surface area contributed by atoms with Crippen molar-refractivity contribution in [3.63, 3.8) is 0 Å². The molecule has 0 radical (unpaired) electrons. The molecule has 0 atom stereocenters. The Hall–Kier alpha value is -0.810. The van der Waals surface area contributed by atoms with Crippen molar-refractivity contribution in [2.75, 3.05) is 24.2 Å². The zero-order valence-electron chi connectivity index (χ0n) is 7.47. The molecule has 70 valence electrons. The van der Waals surface area contributed by atoms with Crippen LogP contribution in [0.4, 0.5) is 5.95 Å². The average Bonchev–Trinajstić information content (AvgIpc) is 2.13. The number of hydrogen-bond acceptors (Lipinski definition) is 5. The number of nitrogens with two attached hydrogens (primary N) is 1. The molecule has 5 heteroatoms. The van der Waals surface area contributed by atoms with E-state index in [0.717, 1.165) is 24.1 Å². The van der Waals surface area contributed by atoms with Gasteiger partial charge in [0, 0.05) is 25.3 Å². The summed E-state index contributed by atoms with van der Waals surface area (Å²) in [7, 11) is 0. The van der Waals surface area contributed by atoms with E-state index in [-0.39, 0.29) is 0 Å². The third-order valence-corrected chi connectivity index (χ3v) is 2.66. The van der Waals surface area contributed by atoms with Gasteiger partial charge >= 0.3 is 0 Å². The van der Waals surface area contributed by atoms with E-state index in [2.05, 4.69) is 14.9 Å². The van der Waals surface area contributed by atoms with Crippen LogP contribution in [-0.4, -0.2) is 35.4 Å². The molecular weight excluding hydrogens is 184 g/mol. The van der Waals surface area contributed by atoms with Crippen molar-refractivity contribution in [2.24, 2.45) is 5.73 Å². The molecule has 0 bridgehead atoms. The second-order valence-corrected chi connectivity index (χ2v) is 3.89. The zero-order chi connectivity index (χ0) is 9.26. The van der Waals surface area contributed by atoms with E-state index in [9.17, 15) is 0 Å². The van der Waals surface area contributed by atoms with Crippen LogP contribution in [-0.2, 0) is 0 Å². The highest BCUT2D eigenvalue weighted by atomic mass is 32.2. The normalized spacial score (nSPS) is 17.2. The molecule has 2 heterocycles. The maximum Gasteiger partial charge on any atom is 0.226 e. The first-order valence-corrected chi connectivity index (χ1v) is 5.39. The minimum absolute atomic E-state index is 0.293. The maximum atomic E-state index is 5.67. The van der Waals surface area contributed by atoms with Gasteiger partial charge in [0.2, 0.25) is 5.95 Å². The highest BCUT2D eigenvalue weighted by Gasteiger charge is 2.25. The molecule has 1 aliphatic heterocycles. The molecular formula is C8H12N4S. The van der Waals surface area contributed by atoms with Crippen molar-refractivity contribution in [3.8, 4) is 0 Å². The molecule has 0 amide bonds. The highest BCUT2D eigenvalue weighted by molar-refractivity contribution is 7.98. The second-order valence-electron chi connectivity index (χ2n) is 3.06. The molecule has 0 aromatic carbocycles. The second kappa shape index (κ2) is 3.51.